The first kappa shape index (κ1) is 16.0. The number of rotatable bonds is 4. The molecule has 0 aromatic rings. The molecule has 4 heteroatoms. The lowest BCUT2D eigenvalue weighted by atomic mass is 10.0. The van der Waals surface area contributed by atoms with Crippen molar-refractivity contribution in [1.82, 2.24) is 10.2 Å². The van der Waals surface area contributed by atoms with Gasteiger partial charge in [0.05, 0.1) is 0 Å². The molecule has 1 amide bonds. The van der Waals surface area contributed by atoms with Gasteiger partial charge in [-0.2, -0.15) is 0 Å². The molecule has 0 aromatic carbocycles. The van der Waals surface area contributed by atoms with Crippen molar-refractivity contribution >= 4 is 6.09 Å². The fourth-order valence-corrected chi connectivity index (χ4v) is 2.28. The van der Waals surface area contributed by atoms with Gasteiger partial charge in [0.15, 0.2) is 0 Å². The van der Waals surface area contributed by atoms with Crippen molar-refractivity contribution in [3.63, 3.8) is 0 Å². The summed E-state index contributed by atoms with van der Waals surface area (Å²) in [5, 5.41) is 3.58. The van der Waals surface area contributed by atoms with Crippen molar-refractivity contribution in [3.05, 3.63) is 12.7 Å². The highest BCUT2D eigenvalue weighted by molar-refractivity contribution is 5.68. The Morgan fingerprint density at radius 3 is 2.53 bits per heavy atom. The molecule has 1 atom stereocenters. The third-order valence-corrected chi connectivity index (χ3v) is 3.19. The number of carbonyl (C=O) groups is 1. The predicted molar refractivity (Wildman–Crippen MR) is 78.2 cm³/mol. The number of ether oxygens (including phenoxy) is 1. The lowest BCUT2D eigenvalue weighted by Crippen LogP contribution is -2.48. The summed E-state index contributed by atoms with van der Waals surface area (Å²) in [4.78, 5) is 13.7. The molecule has 1 heterocycles. The Hall–Kier alpha value is -1.03. The van der Waals surface area contributed by atoms with Crippen LogP contribution in [0.4, 0.5) is 4.79 Å². The van der Waals surface area contributed by atoms with Gasteiger partial charge >= 0.3 is 6.09 Å². The minimum Gasteiger partial charge on any atom is -0.444 e. The molecule has 0 saturated carbocycles. The minimum absolute atomic E-state index is 0.190. The minimum atomic E-state index is -0.412. The zero-order valence-corrected chi connectivity index (χ0v) is 12.7. The van der Waals surface area contributed by atoms with E-state index in [-0.39, 0.29) is 6.09 Å². The van der Waals surface area contributed by atoms with Gasteiger partial charge in [0.25, 0.3) is 0 Å². The topological polar surface area (TPSA) is 41.6 Å². The molecule has 1 aliphatic heterocycles. The average molecular weight is 268 g/mol. The smallest absolute Gasteiger partial charge is 0.410 e. The van der Waals surface area contributed by atoms with Crippen molar-refractivity contribution in [2.75, 3.05) is 13.1 Å². The molecule has 0 radical (unpaired) electrons. The molecule has 0 bridgehead atoms. The first-order valence-corrected chi connectivity index (χ1v) is 7.16. The zero-order chi connectivity index (χ0) is 14.5. The number of nitrogens with one attached hydrogen (secondary N) is 1. The molecular formula is C15H28N2O2. The quantitative estimate of drug-likeness (QED) is 0.797. The van der Waals surface area contributed by atoms with E-state index in [1.807, 2.05) is 31.7 Å². The summed E-state index contributed by atoms with van der Waals surface area (Å²) in [6.45, 7) is 13.2. The van der Waals surface area contributed by atoms with Crippen LogP contribution in [0.25, 0.3) is 0 Å². The van der Waals surface area contributed by atoms with Gasteiger partial charge in [0.2, 0.25) is 0 Å². The monoisotopic (exact) mass is 268 g/mol. The molecule has 0 aliphatic carbocycles. The lowest BCUT2D eigenvalue weighted by molar-refractivity contribution is 0.0196. The molecule has 110 valence electrons. The molecule has 1 rings (SSSR count). The Morgan fingerprint density at radius 2 is 2.05 bits per heavy atom. The summed E-state index contributed by atoms with van der Waals surface area (Å²) in [6.07, 6.45) is 4.70. The van der Waals surface area contributed by atoms with Gasteiger partial charge in [0.1, 0.15) is 5.60 Å². The summed E-state index contributed by atoms with van der Waals surface area (Å²) in [5.41, 5.74) is -0.412. The van der Waals surface area contributed by atoms with E-state index in [2.05, 4.69) is 18.8 Å². The molecule has 1 N–H and O–H groups in total. The van der Waals surface area contributed by atoms with Crippen molar-refractivity contribution in [2.45, 2.75) is 64.6 Å². The van der Waals surface area contributed by atoms with Crippen LogP contribution in [0, 0.1) is 0 Å². The predicted octanol–water partition coefficient (Wildman–Crippen LogP) is 2.94. The Morgan fingerprint density at radius 1 is 1.47 bits per heavy atom. The van der Waals surface area contributed by atoms with Crippen LogP contribution in [0.15, 0.2) is 12.7 Å². The highest BCUT2D eigenvalue weighted by Gasteiger charge is 2.26. The van der Waals surface area contributed by atoms with Crippen molar-refractivity contribution < 1.29 is 9.53 Å². The number of hydrogen-bond donors (Lipinski definition) is 1. The van der Waals surface area contributed by atoms with E-state index < -0.39 is 5.60 Å². The average Bonchev–Trinajstić information content (AvgIpc) is 2.27. The Labute approximate surface area is 117 Å². The number of nitrogens with zero attached hydrogens (tertiary/aromatic N) is 1. The third-order valence-electron chi connectivity index (χ3n) is 3.19. The van der Waals surface area contributed by atoms with Gasteiger partial charge in [0, 0.05) is 25.2 Å². The van der Waals surface area contributed by atoms with E-state index in [0.717, 1.165) is 32.4 Å². The first-order valence-electron chi connectivity index (χ1n) is 7.16. The van der Waals surface area contributed by atoms with Crippen LogP contribution < -0.4 is 5.32 Å². The molecule has 1 unspecified atom stereocenters. The van der Waals surface area contributed by atoms with E-state index >= 15 is 0 Å². The number of amides is 1. The van der Waals surface area contributed by atoms with Crippen LogP contribution in [-0.2, 0) is 4.74 Å². The van der Waals surface area contributed by atoms with Crippen molar-refractivity contribution in [2.24, 2.45) is 0 Å². The zero-order valence-electron chi connectivity index (χ0n) is 12.7. The largest absolute Gasteiger partial charge is 0.444 e. The summed E-state index contributed by atoms with van der Waals surface area (Å²) >= 11 is 0. The van der Waals surface area contributed by atoms with Crippen LogP contribution in [0.3, 0.4) is 0 Å². The van der Waals surface area contributed by atoms with Gasteiger partial charge < -0.3 is 15.0 Å². The van der Waals surface area contributed by atoms with Gasteiger partial charge in [-0.3, -0.25) is 0 Å². The highest BCUT2D eigenvalue weighted by Crippen LogP contribution is 2.16. The number of hydrogen-bond acceptors (Lipinski definition) is 3. The van der Waals surface area contributed by atoms with Crippen molar-refractivity contribution in [3.8, 4) is 0 Å². The van der Waals surface area contributed by atoms with E-state index in [1.165, 1.54) is 0 Å². The number of likely N-dealkylation sites (tertiary alicyclic amines) is 1. The van der Waals surface area contributed by atoms with Gasteiger partial charge in [-0.15, -0.1) is 6.58 Å². The molecular weight excluding hydrogens is 240 g/mol. The Balaban J connectivity index is 2.32. The first-order chi connectivity index (χ1) is 8.81. The summed E-state index contributed by atoms with van der Waals surface area (Å²) in [6, 6.07) is 0.948. The number of piperidine rings is 1. The maximum Gasteiger partial charge on any atom is 0.410 e. The second-order valence-electron chi connectivity index (χ2n) is 6.33. The van der Waals surface area contributed by atoms with E-state index in [9.17, 15) is 4.79 Å². The van der Waals surface area contributed by atoms with Crippen LogP contribution >= 0.6 is 0 Å². The van der Waals surface area contributed by atoms with Crippen LogP contribution in [-0.4, -0.2) is 41.8 Å². The molecule has 1 fully saturated rings. The van der Waals surface area contributed by atoms with Crippen LogP contribution in [0.1, 0.15) is 47.0 Å². The van der Waals surface area contributed by atoms with E-state index in [1.54, 1.807) is 0 Å². The lowest BCUT2D eigenvalue weighted by Gasteiger charge is -2.34. The van der Waals surface area contributed by atoms with Crippen LogP contribution in [0.2, 0.25) is 0 Å². The molecule has 19 heavy (non-hydrogen) atoms. The van der Waals surface area contributed by atoms with E-state index in [4.69, 9.17) is 4.74 Å². The van der Waals surface area contributed by atoms with E-state index in [0.29, 0.717) is 12.1 Å². The Kier molecular flexibility index (Phi) is 5.85. The maximum atomic E-state index is 11.9. The van der Waals surface area contributed by atoms with Crippen LogP contribution in [0.5, 0.6) is 0 Å². The second-order valence-corrected chi connectivity index (χ2v) is 6.33. The number of carbonyl (C=O) groups excluding carboxylic acids is 1. The van der Waals surface area contributed by atoms with Crippen molar-refractivity contribution in [1.29, 1.82) is 0 Å². The molecule has 0 aromatic heterocycles. The fraction of sp³-hybridized carbons (Fsp3) is 0.800. The summed E-state index contributed by atoms with van der Waals surface area (Å²) in [7, 11) is 0. The molecule has 4 nitrogen and oxygen atoms in total. The fourth-order valence-electron chi connectivity index (χ4n) is 2.28. The standard InChI is InChI=1S/C15H28N2O2/c1-6-7-12(2)16-13-8-10-17(11-9-13)14(18)19-15(3,4)5/h6,12-13,16H,1,7-11H2,2-5H3. The highest BCUT2D eigenvalue weighted by atomic mass is 16.6. The normalized spacial score (nSPS) is 19.1. The third kappa shape index (κ3) is 6.10. The molecule has 0 spiro atoms. The summed E-state index contributed by atoms with van der Waals surface area (Å²) < 4.78 is 5.39. The Bertz CT molecular complexity index is 302. The van der Waals surface area contributed by atoms with Gasteiger partial charge in [-0.1, -0.05) is 6.08 Å². The summed E-state index contributed by atoms with van der Waals surface area (Å²) in [5.74, 6) is 0. The van der Waals surface area contributed by atoms with Gasteiger partial charge in [-0.25, -0.2) is 4.79 Å². The molecule has 1 saturated heterocycles. The van der Waals surface area contributed by atoms with Gasteiger partial charge in [-0.05, 0) is 47.0 Å². The molecule has 1 aliphatic rings. The SMILES string of the molecule is C=CCC(C)NC1CCN(C(=O)OC(C)(C)C)CC1. The maximum absolute atomic E-state index is 11.9. The second kappa shape index (κ2) is 6.94.